The second kappa shape index (κ2) is 74.5. The van der Waals surface area contributed by atoms with Crippen LogP contribution in [-0.2, 0) is 57.1 Å². The number of esters is 5. The number of allylic oxidation sites excluding steroid dienone is 1. The molecule has 0 heterocycles. The van der Waals surface area contributed by atoms with Crippen molar-refractivity contribution >= 4 is 29.8 Å². The highest BCUT2D eigenvalue weighted by atomic mass is 16.6. The summed E-state index contributed by atoms with van der Waals surface area (Å²) in [6, 6.07) is 0. The number of hydrogen-bond acceptors (Lipinski definition) is 12. The van der Waals surface area contributed by atoms with E-state index in [1.165, 1.54) is 148 Å². The fraction of sp³-hybridized carbons (Fsp3) is 0.873. The topological polar surface area (TPSA) is 150 Å². The van der Waals surface area contributed by atoms with Crippen molar-refractivity contribution in [2.75, 3.05) is 46.2 Å². The highest BCUT2D eigenvalue weighted by Gasteiger charge is 2.19. The number of rotatable bonds is 53. The van der Waals surface area contributed by atoms with E-state index < -0.39 is 0 Å². The van der Waals surface area contributed by atoms with Crippen LogP contribution in [0, 0.1) is 23.7 Å². The third kappa shape index (κ3) is 85.0. The maximum Gasteiger partial charge on any atom is 0.306 e. The molecule has 12 nitrogen and oxygen atoms in total. The van der Waals surface area contributed by atoms with Crippen molar-refractivity contribution in [3.05, 3.63) is 25.2 Å². The fourth-order valence-electron chi connectivity index (χ4n) is 7.96. The highest BCUT2D eigenvalue weighted by Crippen LogP contribution is 2.17. The molecule has 0 aliphatic rings. The smallest absolute Gasteiger partial charge is 0.306 e. The van der Waals surface area contributed by atoms with Crippen LogP contribution in [0.3, 0.4) is 0 Å². The molecule has 0 saturated heterocycles. The summed E-state index contributed by atoms with van der Waals surface area (Å²) in [5.41, 5.74) is 0. The molecule has 12 heteroatoms. The van der Waals surface area contributed by atoms with Gasteiger partial charge in [0.1, 0.15) is 0 Å². The third-order valence-electron chi connectivity index (χ3n) is 13.6. The number of unbranched alkanes of at least 4 members (excludes halogenated alkanes) is 23. The van der Waals surface area contributed by atoms with Gasteiger partial charge in [-0.2, -0.15) is 0 Å². The lowest BCUT2D eigenvalue weighted by Crippen LogP contribution is -2.23. The Morgan fingerprint density at radius 2 is 0.711 bits per heavy atom. The molecule has 1 atom stereocenters. The first-order valence-corrected chi connectivity index (χ1v) is 34.3. The molecule has 0 amide bonds. The summed E-state index contributed by atoms with van der Waals surface area (Å²) in [4.78, 5) is 58.0. The predicted molar refractivity (Wildman–Crippen MR) is 349 cm³/mol. The minimum atomic E-state index is -0.269. The van der Waals surface area contributed by atoms with E-state index in [1.54, 1.807) is 0 Å². The molecule has 0 spiro atoms. The van der Waals surface area contributed by atoms with E-state index in [0.717, 1.165) is 102 Å². The molecule has 0 fully saturated rings. The fourth-order valence-corrected chi connectivity index (χ4v) is 7.96. The van der Waals surface area contributed by atoms with E-state index in [0.29, 0.717) is 58.2 Å². The second-order valence-corrected chi connectivity index (χ2v) is 23.3. The summed E-state index contributed by atoms with van der Waals surface area (Å²) in [7, 11) is 0. The molecular formula is C71H138O12. The van der Waals surface area contributed by atoms with Gasteiger partial charge in [-0.05, 0) is 69.6 Å². The monoisotopic (exact) mass is 1180 g/mol. The molecule has 0 aromatic heterocycles. The van der Waals surface area contributed by atoms with Crippen LogP contribution in [0.15, 0.2) is 25.2 Å². The number of carbonyl (C=O) groups excluding carboxylic acids is 5. The predicted octanol–water partition coefficient (Wildman–Crippen LogP) is 20.9. The van der Waals surface area contributed by atoms with Crippen molar-refractivity contribution in [2.24, 2.45) is 23.7 Å². The van der Waals surface area contributed by atoms with E-state index in [-0.39, 0.29) is 54.7 Å². The Balaban J connectivity index is -0.000000352. The van der Waals surface area contributed by atoms with E-state index in [4.69, 9.17) is 33.2 Å². The number of ether oxygens (including phenoxy) is 7. The van der Waals surface area contributed by atoms with Crippen LogP contribution in [-0.4, -0.2) is 76.1 Å². The Labute approximate surface area is 514 Å². The lowest BCUT2D eigenvalue weighted by atomic mass is 10.1. The molecule has 0 aliphatic heterocycles. The molecule has 0 radical (unpaired) electrons. The van der Waals surface area contributed by atoms with Crippen molar-refractivity contribution in [3.8, 4) is 0 Å². The molecule has 494 valence electrons. The van der Waals surface area contributed by atoms with Crippen LogP contribution in [0.2, 0.25) is 0 Å². The SMILES string of the molecule is C=C(CCCCCCCC)OCC(COC(=O)CCCCCCCC)CC(=O)OCCC.C=COCCC(C)C.CC(=O)OCCCC(C)C.CCCCCC.CCCCCCCCC(=O)OCC(CC)COC(=O)CCCCCCCC. The normalized spacial score (nSPS) is 10.8. The second-order valence-electron chi connectivity index (χ2n) is 23.3. The molecule has 0 saturated carbocycles. The van der Waals surface area contributed by atoms with Crippen LogP contribution in [0.25, 0.3) is 0 Å². The maximum absolute atomic E-state index is 12.1. The van der Waals surface area contributed by atoms with Crippen LogP contribution in [0.4, 0.5) is 0 Å². The zero-order valence-electron chi connectivity index (χ0n) is 57.0. The van der Waals surface area contributed by atoms with Crippen molar-refractivity contribution in [2.45, 2.75) is 334 Å². The number of carbonyl (C=O) groups is 5. The molecule has 1 unspecified atom stereocenters. The van der Waals surface area contributed by atoms with Gasteiger partial charge in [-0.3, -0.25) is 24.0 Å². The Hall–Kier alpha value is -3.57. The molecule has 0 bridgehead atoms. The summed E-state index contributed by atoms with van der Waals surface area (Å²) in [6.07, 6.45) is 42.4. The van der Waals surface area contributed by atoms with Crippen molar-refractivity contribution in [3.63, 3.8) is 0 Å². The standard InChI is InChI=1S/C27H50O5.C23H44O4.C8H16O2.C7H14O.C6H14/c1-5-8-10-12-14-16-18-24(4)31-22-25(21-27(29)30-20-7-3)23-32-26(28)19-17-15-13-11-9-6-2;1-4-7-9-11-13-15-17-22(24)26-19-21(6-3)20-27-23(25)18-16-14-12-10-8-5-2;1-7(2)5-4-6-10-8(3)9;1-4-8-6-5-7(2)3;1-3-5-6-4-2/h25H,4-23H2,1-3H3;21H,4-20H2,1-3H3;7H,4-6H2,1-3H3;4,7H,1,5-6H2,2-3H3;3-6H2,1-2H3. The van der Waals surface area contributed by atoms with Gasteiger partial charge >= 0.3 is 29.8 Å². The Morgan fingerprint density at radius 1 is 0.361 bits per heavy atom. The summed E-state index contributed by atoms with van der Waals surface area (Å²) < 4.78 is 36.8. The summed E-state index contributed by atoms with van der Waals surface area (Å²) in [5.74, 6) is 1.18. The van der Waals surface area contributed by atoms with E-state index in [9.17, 15) is 24.0 Å². The Kier molecular flexibility index (Phi) is 79.2. The zero-order chi connectivity index (χ0) is 63.3. The molecule has 0 rings (SSSR count). The number of hydrogen-bond donors (Lipinski definition) is 0. The minimum absolute atomic E-state index is 0.104. The van der Waals surface area contributed by atoms with Gasteiger partial charge in [-0.1, -0.05) is 250 Å². The average Bonchev–Trinajstić information content (AvgIpc) is 3.46. The minimum Gasteiger partial charge on any atom is -0.502 e. The molecular weight excluding hydrogens is 1040 g/mol. The van der Waals surface area contributed by atoms with Gasteiger partial charge in [-0.15, -0.1) is 0 Å². The largest absolute Gasteiger partial charge is 0.502 e. The summed E-state index contributed by atoms with van der Waals surface area (Å²) >= 11 is 0. The van der Waals surface area contributed by atoms with E-state index in [1.807, 2.05) is 13.8 Å². The Bertz CT molecular complexity index is 1330. The first kappa shape index (κ1) is 88.2. The lowest BCUT2D eigenvalue weighted by Gasteiger charge is -2.18. The van der Waals surface area contributed by atoms with Crippen molar-refractivity contribution in [1.82, 2.24) is 0 Å². The third-order valence-corrected chi connectivity index (χ3v) is 13.6. The van der Waals surface area contributed by atoms with Crippen LogP contribution in [0.1, 0.15) is 334 Å². The molecule has 0 aliphatic carbocycles. The van der Waals surface area contributed by atoms with Gasteiger partial charge < -0.3 is 33.2 Å². The first-order chi connectivity index (χ1) is 40.0. The van der Waals surface area contributed by atoms with Gasteiger partial charge in [0.15, 0.2) is 0 Å². The quantitative estimate of drug-likeness (QED) is 0.0247. The van der Waals surface area contributed by atoms with Crippen molar-refractivity contribution < 1.29 is 57.1 Å². The molecule has 0 aromatic carbocycles. The summed E-state index contributed by atoms with van der Waals surface area (Å²) in [5, 5.41) is 0. The van der Waals surface area contributed by atoms with E-state index in [2.05, 4.69) is 82.4 Å². The molecule has 0 aromatic rings. The Morgan fingerprint density at radius 3 is 1.06 bits per heavy atom. The molecule has 0 N–H and O–H groups in total. The molecule has 83 heavy (non-hydrogen) atoms. The van der Waals surface area contributed by atoms with Crippen molar-refractivity contribution in [1.29, 1.82) is 0 Å². The lowest BCUT2D eigenvalue weighted by molar-refractivity contribution is -0.151. The van der Waals surface area contributed by atoms with E-state index >= 15 is 0 Å². The first-order valence-electron chi connectivity index (χ1n) is 34.3. The van der Waals surface area contributed by atoms with Gasteiger partial charge in [-0.25, -0.2) is 0 Å². The summed E-state index contributed by atoms with van der Waals surface area (Å²) in [6.45, 7) is 37.8. The maximum atomic E-state index is 12.1. The van der Waals surface area contributed by atoms with Gasteiger partial charge in [0, 0.05) is 44.4 Å². The van der Waals surface area contributed by atoms with Gasteiger partial charge in [0.05, 0.1) is 64.7 Å². The average molecular weight is 1180 g/mol. The van der Waals surface area contributed by atoms with Crippen LogP contribution in [0.5, 0.6) is 0 Å². The zero-order valence-corrected chi connectivity index (χ0v) is 57.0. The van der Waals surface area contributed by atoms with Crippen LogP contribution < -0.4 is 0 Å². The van der Waals surface area contributed by atoms with Crippen LogP contribution >= 0.6 is 0 Å². The highest BCUT2D eigenvalue weighted by molar-refractivity contribution is 5.71. The van der Waals surface area contributed by atoms with Gasteiger partial charge in [0.25, 0.3) is 0 Å². The van der Waals surface area contributed by atoms with Gasteiger partial charge in [0.2, 0.25) is 0 Å².